The zero-order chi connectivity index (χ0) is 90.7. The molecule has 8 aliphatic carbocycles. The van der Waals surface area contributed by atoms with Gasteiger partial charge in [0.2, 0.25) is 0 Å². The second kappa shape index (κ2) is 28.5. The van der Waals surface area contributed by atoms with Gasteiger partial charge < -0.3 is 14.7 Å². The number of nitrogens with zero attached hydrogens (tertiary/aromatic N) is 8. The van der Waals surface area contributed by atoms with Crippen LogP contribution in [0.4, 0.5) is 68.4 Å². The average molecular weight is 1790 g/mol. The van der Waals surface area contributed by atoms with E-state index in [1.165, 1.54) is 291 Å². The third-order valence-electron chi connectivity index (χ3n) is 34.5. The summed E-state index contributed by atoms with van der Waals surface area (Å²) < 4.78 is 0. The Morgan fingerprint density at radius 3 is 0.886 bits per heavy atom. The smallest absolute Gasteiger partial charge is 0.141 e. The number of aromatic nitrogens is 4. The van der Waals surface area contributed by atoms with Gasteiger partial charge >= 0.3 is 0 Å². The van der Waals surface area contributed by atoms with E-state index in [1.54, 1.807) is 38.9 Å². The number of fused-ring (bicyclic) bond motifs is 48. The molecule has 8 aliphatic heterocycles. The van der Waals surface area contributed by atoms with Gasteiger partial charge in [-0.3, -0.25) is 19.9 Å². The van der Waals surface area contributed by atoms with Crippen LogP contribution < -0.4 is 19.6 Å². The average Bonchev–Trinajstić information content (AvgIpc) is 1.40. The fraction of sp³-hybridized carbons (Fsp3) is 0.121. The summed E-state index contributed by atoms with van der Waals surface area (Å²) >= 11 is 0. The molecule has 0 saturated carbocycles. The van der Waals surface area contributed by atoms with Crippen LogP contribution in [-0.4, -0.2) is 19.9 Å². The molecule has 0 amide bonds. The van der Waals surface area contributed by atoms with Crippen molar-refractivity contribution in [1.82, 2.24) is 19.9 Å². The number of anilines is 12. The number of benzene rings is 16. The predicted molar refractivity (Wildman–Crippen MR) is 564 cm³/mol. The normalized spacial score (nSPS) is 14.9. The summed E-state index contributed by atoms with van der Waals surface area (Å²) in [5.74, 6) is 1.09. The Balaban J connectivity index is 0.0000000829. The van der Waals surface area contributed by atoms with Crippen molar-refractivity contribution in [3.05, 3.63) is 519 Å². The molecule has 0 radical (unpaired) electrons. The first kappa shape index (κ1) is 76.5. The van der Waals surface area contributed by atoms with Gasteiger partial charge in [0.1, 0.15) is 5.82 Å². The van der Waals surface area contributed by atoms with Crippen molar-refractivity contribution in [2.45, 2.75) is 103 Å². The van der Waals surface area contributed by atoms with Crippen molar-refractivity contribution in [1.29, 1.82) is 0 Å². The van der Waals surface area contributed by atoms with E-state index in [0.29, 0.717) is 0 Å². The molecule has 0 N–H and O–H groups in total. The maximum absolute atomic E-state index is 4.88. The molecule has 0 bridgehead atoms. The highest BCUT2D eigenvalue weighted by Gasteiger charge is 2.44. The molecule has 16 aromatic carbocycles. The second-order valence-corrected chi connectivity index (χ2v) is 41.3. The van der Waals surface area contributed by atoms with Gasteiger partial charge in [0.25, 0.3) is 0 Å². The molecule has 4 aromatic heterocycles. The van der Waals surface area contributed by atoms with Crippen molar-refractivity contribution in [2.75, 3.05) is 19.6 Å². The lowest BCUT2D eigenvalue weighted by atomic mass is 9.84. The first-order valence-electron chi connectivity index (χ1n) is 50.3. The van der Waals surface area contributed by atoms with E-state index in [0.717, 1.165) is 109 Å². The number of rotatable bonds is 0. The summed E-state index contributed by atoms with van der Waals surface area (Å²) in [5.41, 5.74) is 84.1. The molecule has 0 unspecified atom stereocenters. The molecule has 0 atom stereocenters. The molecule has 140 heavy (non-hydrogen) atoms. The van der Waals surface area contributed by atoms with Crippen LogP contribution in [0.5, 0.6) is 0 Å². The topological polar surface area (TPSA) is 64.5 Å². The van der Waals surface area contributed by atoms with E-state index in [2.05, 4.69) is 339 Å². The van der Waals surface area contributed by atoms with Crippen molar-refractivity contribution in [2.24, 2.45) is 0 Å². The lowest BCUT2D eigenvalue weighted by molar-refractivity contribution is 0.971. The Hall–Kier alpha value is -16.7. The summed E-state index contributed by atoms with van der Waals surface area (Å²) in [6.45, 7) is 0. The largest absolute Gasteiger partial charge is 0.309 e. The first-order valence-corrected chi connectivity index (χ1v) is 50.3. The molecule has 20 aromatic rings. The third kappa shape index (κ3) is 10.6. The van der Waals surface area contributed by atoms with E-state index in [1.807, 2.05) is 31.0 Å². The van der Waals surface area contributed by atoms with Crippen LogP contribution in [0.25, 0.3) is 89.0 Å². The lowest BCUT2D eigenvalue weighted by Crippen LogP contribution is -2.25. The van der Waals surface area contributed by atoms with Crippen molar-refractivity contribution >= 4 is 68.4 Å². The van der Waals surface area contributed by atoms with E-state index >= 15 is 0 Å². The minimum Gasteiger partial charge on any atom is -0.309 e. The van der Waals surface area contributed by atoms with E-state index in [9.17, 15) is 0 Å². The zero-order valence-electron chi connectivity index (χ0n) is 77.2. The maximum atomic E-state index is 4.88. The molecule has 0 fully saturated rings. The van der Waals surface area contributed by atoms with E-state index < -0.39 is 0 Å². The van der Waals surface area contributed by atoms with Crippen molar-refractivity contribution in [3.8, 4) is 89.0 Å². The highest BCUT2D eigenvalue weighted by molar-refractivity contribution is 6.03. The van der Waals surface area contributed by atoms with Gasteiger partial charge in [-0.15, -0.1) is 0 Å². The molecule has 8 nitrogen and oxygen atoms in total. The highest BCUT2D eigenvalue weighted by Crippen LogP contribution is 2.63. The van der Waals surface area contributed by atoms with Gasteiger partial charge in [-0.2, -0.15) is 0 Å². The molecule has 12 heterocycles. The summed E-state index contributed by atoms with van der Waals surface area (Å²) in [5, 5.41) is 0. The zero-order valence-corrected chi connectivity index (χ0v) is 77.2. The van der Waals surface area contributed by atoms with Crippen molar-refractivity contribution in [3.63, 3.8) is 0 Å². The standard InChI is InChI=1S/4C33H22N2/c1-2-9-24-19(5-1)16-27-25(24)11-12-26-28(27)17-20-10-13-30-29(31(20)26)18-22-7-3-6-21-15-23-8-4-14-34-33(23)35(30)32(21)22;1-2-8-23-19(5-1)15-26-24(23)11-12-25-27(26)16-20-10-13-30-28(32(20)25)17-21-6-3-7-22-18-29-31(9-4-14-34-29)35(30)33(21)22;1-2-7-24-19(4-1)15-27-25(24)9-10-26-28(27)16-21-8-11-30-29(32(21)26)17-23-6-3-5-22-14-20-12-13-34-18-31(20)35(30)33(22)23;1-2-7-24-19(4-1)15-27-25(24)9-10-26-28(27)16-20-8-11-31-29(32(20)26)17-22-6-3-5-21-14-23-18-34-13-12-30(23)35(31)33(21)22/h2*1-14H,15-18H2;2*1-13,18H,14-17H2. The number of para-hydroxylation sites is 4. The number of hydrogen-bond acceptors (Lipinski definition) is 8. The summed E-state index contributed by atoms with van der Waals surface area (Å²) in [4.78, 5) is 28.6. The van der Waals surface area contributed by atoms with Gasteiger partial charge in [-0.1, -0.05) is 249 Å². The van der Waals surface area contributed by atoms with Crippen LogP contribution in [0.1, 0.15) is 178 Å². The fourth-order valence-corrected chi connectivity index (χ4v) is 28.8. The first-order chi connectivity index (χ1) is 69.4. The van der Waals surface area contributed by atoms with Crippen LogP contribution >= 0.6 is 0 Å². The van der Waals surface area contributed by atoms with Crippen LogP contribution in [0.3, 0.4) is 0 Å². The molecule has 16 aliphatic rings. The molecule has 0 spiro atoms. The van der Waals surface area contributed by atoms with E-state index in [-0.39, 0.29) is 0 Å². The Kier molecular flexibility index (Phi) is 15.6. The Bertz CT molecular complexity index is 8090. The van der Waals surface area contributed by atoms with Gasteiger partial charge in [0.05, 0.1) is 74.5 Å². The van der Waals surface area contributed by atoms with E-state index in [4.69, 9.17) is 9.97 Å². The summed E-state index contributed by atoms with van der Waals surface area (Å²) in [7, 11) is 0. The number of pyridine rings is 4. The van der Waals surface area contributed by atoms with Crippen LogP contribution in [-0.2, 0) is 103 Å². The summed E-state index contributed by atoms with van der Waals surface area (Å²) in [6.07, 6.45) is 28.0. The van der Waals surface area contributed by atoms with Crippen LogP contribution in [0, 0.1) is 0 Å². The van der Waals surface area contributed by atoms with Gasteiger partial charge in [0, 0.05) is 82.4 Å². The third-order valence-corrected chi connectivity index (χ3v) is 34.5. The monoisotopic (exact) mass is 1780 g/mol. The Labute approximate surface area is 812 Å². The minimum atomic E-state index is 0.908. The van der Waals surface area contributed by atoms with Gasteiger partial charge in [-0.05, 0) is 367 Å². The fourth-order valence-electron chi connectivity index (χ4n) is 28.8. The Morgan fingerprint density at radius 1 is 0.150 bits per heavy atom. The molecule has 8 heteroatoms. The van der Waals surface area contributed by atoms with Gasteiger partial charge in [0.15, 0.2) is 0 Å². The molecule has 36 rings (SSSR count). The predicted octanol–water partition coefficient (Wildman–Crippen LogP) is 30.0. The Morgan fingerprint density at radius 2 is 0.450 bits per heavy atom. The molecule has 0 saturated heterocycles. The molecular weight excluding hydrogens is 1700 g/mol. The molecular formula is C132H88N8. The lowest BCUT2D eigenvalue weighted by Gasteiger charge is -2.40. The summed E-state index contributed by atoms with van der Waals surface area (Å²) in [6, 6.07) is 114. The number of hydrogen-bond donors (Lipinski definition) is 0. The van der Waals surface area contributed by atoms with Gasteiger partial charge in [-0.25, -0.2) is 4.98 Å². The van der Waals surface area contributed by atoms with Crippen molar-refractivity contribution < 1.29 is 0 Å². The SMILES string of the molecule is c1ccc2c(c1)Cc1c-2ccc2c1Cc1ccc3c(c1-2)Cc1cccc2c1N3c1cccnc1C2.c1ccc2c(c1)Cc1c-2ccc2c1Cc1ccc3c(c1-2)Cc1cccc2c1N3c1ccncc1C2.c1ccc2c(c1)Cc1c-2ccc2c1Cc1ccc3c(c1-2)Cc1cccc2c1N3c1cnccc1C2.c1ccc2c(c1)Cc1c-2ccc2c1Cc1ccc3c(c1-2)Cc1cccc2c1N3c1ncccc1C2. The second-order valence-electron chi connectivity index (χ2n) is 41.3. The molecule has 656 valence electrons. The minimum absolute atomic E-state index is 0.908. The highest BCUT2D eigenvalue weighted by atomic mass is 15.2. The van der Waals surface area contributed by atoms with Crippen LogP contribution in [0.15, 0.2) is 340 Å². The van der Waals surface area contributed by atoms with Crippen LogP contribution in [0.2, 0.25) is 0 Å². The quantitative estimate of drug-likeness (QED) is 0.149. The maximum Gasteiger partial charge on any atom is 0.141 e.